The minimum Gasteiger partial charge on any atom is -0.385 e. The van der Waals surface area contributed by atoms with Crippen LogP contribution in [0.15, 0.2) is 24.3 Å². The fourth-order valence-electron chi connectivity index (χ4n) is 2.26. The van der Waals surface area contributed by atoms with Gasteiger partial charge in [-0.2, -0.15) is 0 Å². The van der Waals surface area contributed by atoms with E-state index < -0.39 is 0 Å². The van der Waals surface area contributed by atoms with Crippen molar-refractivity contribution in [1.82, 2.24) is 0 Å². The molecule has 96 valence electrons. The average molecular weight is 244 g/mol. The zero-order valence-electron chi connectivity index (χ0n) is 10.6. The fourth-order valence-corrected chi connectivity index (χ4v) is 2.26. The van der Waals surface area contributed by atoms with Crippen LogP contribution in [0.25, 0.3) is 0 Å². The first-order valence-corrected chi connectivity index (χ1v) is 6.96. The maximum absolute atomic E-state index is 11.7. The minimum absolute atomic E-state index is 0.172. The van der Waals surface area contributed by atoms with Gasteiger partial charge >= 0.3 is 0 Å². The number of amides is 1. The third-order valence-corrected chi connectivity index (χ3v) is 3.90. The van der Waals surface area contributed by atoms with Crippen molar-refractivity contribution in [2.24, 2.45) is 11.8 Å². The lowest BCUT2D eigenvalue weighted by molar-refractivity contribution is -0.117. The van der Waals surface area contributed by atoms with Crippen LogP contribution < -0.4 is 10.6 Å². The predicted octanol–water partition coefficient (Wildman–Crippen LogP) is 3.25. The van der Waals surface area contributed by atoms with Crippen LogP contribution in [0.4, 0.5) is 11.4 Å². The molecule has 1 aromatic rings. The van der Waals surface area contributed by atoms with Crippen molar-refractivity contribution < 1.29 is 4.79 Å². The van der Waals surface area contributed by atoms with Crippen LogP contribution in [0.1, 0.15) is 32.1 Å². The second-order valence-corrected chi connectivity index (χ2v) is 5.52. The van der Waals surface area contributed by atoms with E-state index in [0.29, 0.717) is 0 Å². The Balaban J connectivity index is 1.55. The summed E-state index contributed by atoms with van der Waals surface area (Å²) in [6.45, 7) is 1.06. The lowest BCUT2D eigenvalue weighted by Crippen LogP contribution is -2.21. The summed E-state index contributed by atoms with van der Waals surface area (Å²) in [6, 6.07) is 8.03. The molecule has 2 N–H and O–H groups in total. The van der Waals surface area contributed by atoms with Crippen LogP contribution in [0.3, 0.4) is 0 Å². The summed E-state index contributed by atoms with van der Waals surface area (Å²) in [7, 11) is 0. The van der Waals surface area contributed by atoms with Gasteiger partial charge in [-0.25, -0.2) is 0 Å². The lowest BCUT2D eigenvalue weighted by atomic mass is 9.85. The van der Waals surface area contributed by atoms with Crippen molar-refractivity contribution >= 4 is 17.3 Å². The van der Waals surface area contributed by atoms with E-state index in [2.05, 4.69) is 16.7 Å². The molecule has 18 heavy (non-hydrogen) atoms. The highest BCUT2D eigenvalue weighted by Crippen LogP contribution is 2.30. The van der Waals surface area contributed by atoms with E-state index in [1.807, 2.05) is 18.2 Å². The van der Waals surface area contributed by atoms with E-state index in [0.717, 1.165) is 36.7 Å². The summed E-state index contributed by atoms with van der Waals surface area (Å²) in [5, 5.41) is 6.43. The quantitative estimate of drug-likeness (QED) is 0.834. The molecule has 1 amide bonds. The molecule has 0 spiro atoms. The summed E-state index contributed by atoms with van der Waals surface area (Å²) < 4.78 is 0. The maximum atomic E-state index is 11.7. The van der Waals surface area contributed by atoms with E-state index in [-0.39, 0.29) is 11.8 Å². The molecule has 3 nitrogen and oxygen atoms in total. The van der Waals surface area contributed by atoms with Crippen LogP contribution in [0.2, 0.25) is 0 Å². The van der Waals surface area contributed by atoms with Gasteiger partial charge in [0, 0.05) is 23.8 Å². The van der Waals surface area contributed by atoms with Gasteiger partial charge in [-0.1, -0.05) is 12.5 Å². The molecular weight excluding hydrogens is 224 g/mol. The van der Waals surface area contributed by atoms with Crippen LogP contribution in [0.5, 0.6) is 0 Å². The fraction of sp³-hybridized carbons (Fsp3) is 0.533. The number of carbonyl (C=O) groups is 1. The molecule has 2 aliphatic carbocycles. The standard InChI is InChI=1S/C15H20N2O/c18-15(12-7-8-12)17-14-6-2-5-13(9-14)16-10-11-3-1-4-11/h2,5-6,9,11-12,16H,1,3-4,7-8,10H2,(H,17,18). The second-order valence-electron chi connectivity index (χ2n) is 5.52. The molecule has 2 aliphatic rings. The minimum atomic E-state index is 0.172. The Morgan fingerprint density at radius 3 is 2.61 bits per heavy atom. The molecule has 0 radical (unpaired) electrons. The van der Waals surface area contributed by atoms with Gasteiger partial charge in [-0.05, 0) is 49.8 Å². The molecule has 0 aromatic heterocycles. The highest BCUT2D eigenvalue weighted by Gasteiger charge is 2.29. The van der Waals surface area contributed by atoms with Crippen LogP contribution in [-0.2, 0) is 4.79 Å². The Morgan fingerprint density at radius 2 is 1.94 bits per heavy atom. The van der Waals surface area contributed by atoms with Gasteiger partial charge in [0.05, 0.1) is 0 Å². The largest absolute Gasteiger partial charge is 0.385 e. The number of hydrogen-bond donors (Lipinski definition) is 2. The molecule has 3 heteroatoms. The number of nitrogens with one attached hydrogen (secondary N) is 2. The maximum Gasteiger partial charge on any atom is 0.227 e. The third-order valence-electron chi connectivity index (χ3n) is 3.90. The number of rotatable bonds is 5. The number of anilines is 2. The normalized spacial score (nSPS) is 19.1. The Labute approximate surface area is 108 Å². The molecule has 0 saturated heterocycles. The van der Waals surface area contributed by atoms with Crippen molar-refractivity contribution in [2.45, 2.75) is 32.1 Å². The molecule has 0 unspecified atom stereocenters. The molecule has 0 heterocycles. The SMILES string of the molecule is O=C(Nc1cccc(NCC2CCC2)c1)C1CC1. The summed E-state index contributed by atoms with van der Waals surface area (Å²) in [4.78, 5) is 11.7. The van der Waals surface area contributed by atoms with Crippen LogP contribution >= 0.6 is 0 Å². The lowest BCUT2D eigenvalue weighted by Gasteiger charge is -2.25. The van der Waals surface area contributed by atoms with Crippen molar-refractivity contribution in [2.75, 3.05) is 17.2 Å². The van der Waals surface area contributed by atoms with E-state index >= 15 is 0 Å². The molecular formula is C15H20N2O. The van der Waals surface area contributed by atoms with Crippen LogP contribution in [0, 0.1) is 11.8 Å². The second kappa shape index (κ2) is 5.01. The molecule has 2 saturated carbocycles. The summed E-state index contributed by atoms with van der Waals surface area (Å²) in [5.74, 6) is 1.28. The van der Waals surface area contributed by atoms with E-state index in [1.165, 1.54) is 19.3 Å². The van der Waals surface area contributed by atoms with Gasteiger partial charge in [0.25, 0.3) is 0 Å². The summed E-state index contributed by atoms with van der Waals surface area (Å²) >= 11 is 0. The summed E-state index contributed by atoms with van der Waals surface area (Å²) in [6.07, 6.45) is 6.18. The van der Waals surface area contributed by atoms with Crippen molar-refractivity contribution in [3.05, 3.63) is 24.3 Å². The zero-order chi connectivity index (χ0) is 12.4. The predicted molar refractivity (Wildman–Crippen MR) is 73.6 cm³/mol. The van der Waals surface area contributed by atoms with Gasteiger partial charge < -0.3 is 10.6 Å². The van der Waals surface area contributed by atoms with Gasteiger partial charge in [0.15, 0.2) is 0 Å². The van der Waals surface area contributed by atoms with E-state index in [9.17, 15) is 4.79 Å². The third kappa shape index (κ3) is 2.84. The first kappa shape index (κ1) is 11.6. The molecule has 3 rings (SSSR count). The highest BCUT2D eigenvalue weighted by molar-refractivity contribution is 5.94. The Morgan fingerprint density at radius 1 is 1.17 bits per heavy atom. The molecule has 0 bridgehead atoms. The molecule has 0 atom stereocenters. The molecule has 2 fully saturated rings. The topological polar surface area (TPSA) is 41.1 Å². The number of hydrogen-bond acceptors (Lipinski definition) is 2. The van der Waals surface area contributed by atoms with Crippen molar-refractivity contribution in [1.29, 1.82) is 0 Å². The average Bonchev–Trinajstić information content (AvgIpc) is 3.11. The first-order chi connectivity index (χ1) is 8.81. The molecule has 0 aliphatic heterocycles. The number of benzene rings is 1. The smallest absolute Gasteiger partial charge is 0.227 e. The highest BCUT2D eigenvalue weighted by atomic mass is 16.2. The van der Waals surface area contributed by atoms with Gasteiger partial charge in [-0.15, -0.1) is 0 Å². The zero-order valence-corrected chi connectivity index (χ0v) is 10.6. The summed E-state index contributed by atoms with van der Waals surface area (Å²) in [5.41, 5.74) is 2.01. The first-order valence-electron chi connectivity index (χ1n) is 6.96. The van der Waals surface area contributed by atoms with Gasteiger partial charge in [0.2, 0.25) is 5.91 Å². The Hall–Kier alpha value is -1.51. The number of carbonyl (C=O) groups excluding carboxylic acids is 1. The van der Waals surface area contributed by atoms with Crippen molar-refractivity contribution in [3.8, 4) is 0 Å². The molecule has 1 aromatic carbocycles. The van der Waals surface area contributed by atoms with Crippen molar-refractivity contribution in [3.63, 3.8) is 0 Å². The van der Waals surface area contributed by atoms with Crippen LogP contribution in [-0.4, -0.2) is 12.5 Å². The Bertz CT molecular complexity index is 436. The van der Waals surface area contributed by atoms with Gasteiger partial charge in [0.1, 0.15) is 0 Å². The van der Waals surface area contributed by atoms with E-state index in [4.69, 9.17) is 0 Å². The Kier molecular flexibility index (Phi) is 3.22. The van der Waals surface area contributed by atoms with E-state index in [1.54, 1.807) is 0 Å². The monoisotopic (exact) mass is 244 g/mol. The van der Waals surface area contributed by atoms with Gasteiger partial charge in [-0.3, -0.25) is 4.79 Å².